The summed E-state index contributed by atoms with van der Waals surface area (Å²) in [5.41, 5.74) is 1.03. The Kier molecular flexibility index (Phi) is 5.65. The Bertz CT molecular complexity index is 368. The summed E-state index contributed by atoms with van der Waals surface area (Å²) in [7, 11) is 0. The Labute approximate surface area is 108 Å². The van der Waals surface area contributed by atoms with Gasteiger partial charge < -0.3 is 14.6 Å². The van der Waals surface area contributed by atoms with E-state index in [1.165, 1.54) is 0 Å². The molecule has 0 bridgehead atoms. The number of hydrogen-bond donors (Lipinski definition) is 1. The first-order chi connectivity index (χ1) is 8.47. The highest BCUT2D eigenvalue weighted by Crippen LogP contribution is 2.13. The number of esters is 1. The molecule has 0 aliphatic carbocycles. The van der Waals surface area contributed by atoms with Crippen molar-refractivity contribution in [1.29, 1.82) is 0 Å². The molecule has 4 nitrogen and oxygen atoms in total. The van der Waals surface area contributed by atoms with Gasteiger partial charge in [0, 0.05) is 0 Å². The lowest BCUT2D eigenvalue weighted by Crippen LogP contribution is -2.18. The smallest absolute Gasteiger partial charge is 0.344 e. The summed E-state index contributed by atoms with van der Waals surface area (Å²) in [6, 6.07) is 7.30. The van der Waals surface area contributed by atoms with Gasteiger partial charge in [0.2, 0.25) is 0 Å². The van der Waals surface area contributed by atoms with E-state index in [1.807, 2.05) is 12.1 Å². The maximum absolute atomic E-state index is 11.3. The largest absolute Gasteiger partial charge is 0.482 e. The van der Waals surface area contributed by atoms with Crippen molar-refractivity contribution in [2.24, 2.45) is 0 Å². The van der Waals surface area contributed by atoms with Gasteiger partial charge >= 0.3 is 5.97 Å². The summed E-state index contributed by atoms with van der Waals surface area (Å²) < 4.78 is 10.2. The second kappa shape index (κ2) is 7.01. The van der Waals surface area contributed by atoms with Crippen molar-refractivity contribution < 1.29 is 19.4 Å². The van der Waals surface area contributed by atoms with E-state index in [9.17, 15) is 9.90 Å². The minimum absolute atomic E-state index is 0.0894. The molecular weight excluding hydrogens is 232 g/mol. The molecule has 0 saturated heterocycles. The van der Waals surface area contributed by atoms with Crippen LogP contribution in [0.2, 0.25) is 0 Å². The zero-order valence-electron chi connectivity index (χ0n) is 11.1. The van der Waals surface area contributed by atoms with Gasteiger partial charge in [-0.15, -0.1) is 0 Å². The predicted molar refractivity (Wildman–Crippen MR) is 68.5 cm³/mol. The highest BCUT2D eigenvalue weighted by atomic mass is 16.6. The quantitative estimate of drug-likeness (QED) is 0.786. The molecule has 4 heteroatoms. The van der Waals surface area contributed by atoms with Gasteiger partial charge in [0.05, 0.1) is 12.2 Å². The number of rotatable bonds is 6. The summed E-state index contributed by atoms with van der Waals surface area (Å²) in [6.45, 7) is 5.24. The molecule has 18 heavy (non-hydrogen) atoms. The van der Waals surface area contributed by atoms with Gasteiger partial charge in [-0.3, -0.25) is 0 Å². The van der Waals surface area contributed by atoms with E-state index in [0.29, 0.717) is 12.2 Å². The Morgan fingerprint density at radius 1 is 1.22 bits per heavy atom. The van der Waals surface area contributed by atoms with Gasteiger partial charge in [0.25, 0.3) is 0 Å². The fourth-order valence-electron chi connectivity index (χ4n) is 1.50. The standard InChI is InChI=1S/C14H20O4/c1-10(2)18-14(16)9-17-13-6-4-12(5-7-13)8-11(3)15/h4-7,10-11,15H,8-9H2,1-3H3. The molecule has 100 valence electrons. The van der Waals surface area contributed by atoms with E-state index in [4.69, 9.17) is 9.47 Å². The maximum atomic E-state index is 11.3. The molecule has 1 unspecified atom stereocenters. The average Bonchev–Trinajstić information content (AvgIpc) is 2.26. The van der Waals surface area contributed by atoms with Crippen molar-refractivity contribution in [1.82, 2.24) is 0 Å². The molecular formula is C14H20O4. The molecule has 0 aliphatic rings. The van der Waals surface area contributed by atoms with Crippen LogP contribution < -0.4 is 4.74 Å². The molecule has 0 spiro atoms. The zero-order chi connectivity index (χ0) is 13.5. The van der Waals surface area contributed by atoms with Crippen LogP contribution in [0.15, 0.2) is 24.3 Å². The van der Waals surface area contributed by atoms with E-state index < -0.39 is 0 Å². The van der Waals surface area contributed by atoms with Crippen molar-refractivity contribution in [3.8, 4) is 5.75 Å². The fraction of sp³-hybridized carbons (Fsp3) is 0.500. The van der Waals surface area contributed by atoms with Crippen molar-refractivity contribution in [2.75, 3.05) is 6.61 Å². The molecule has 0 fully saturated rings. The highest BCUT2D eigenvalue weighted by molar-refractivity contribution is 5.71. The van der Waals surface area contributed by atoms with Crippen LogP contribution >= 0.6 is 0 Å². The van der Waals surface area contributed by atoms with Crippen molar-refractivity contribution in [3.63, 3.8) is 0 Å². The first-order valence-electron chi connectivity index (χ1n) is 6.06. The fourth-order valence-corrected chi connectivity index (χ4v) is 1.50. The number of benzene rings is 1. The normalized spacial score (nSPS) is 12.3. The molecule has 0 heterocycles. The molecule has 1 rings (SSSR count). The van der Waals surface area contributed by atoms with Crippen molar-refractivity contribution in [3.05, 3.63) is 29.8 Å². The highest BCUT2D eigenvalue weighted by Gasteiger charge is 2.06. The van der Waals surface area contributed by atoms with Gasteiger partial charge in [-0.2, -0.15) is 0 Å². The summed E-state index contributed by atoms with van der Waals surface area (Å²) in [5.74, 6) is 0.239. The van der Waals surface area contributed by atoms with E-state index in [2.05, 4.69) is 0 Å². The van der Waals surface area contributed by atoms with E-state index >= 15 is 0 Å². The second-order valence-corrected chi connectivity index (χ2v) is 4.52. The summed E-state index contributed by atoms with van der Waals surface area (Å²) >= 11 is 0. The predicted octanol–water partition coefficient (Wildman–Crippen LogP) is 1.94. The monoisotopic (exact) mass is 252 g/mol. The van der Waals surface area contributed by atoms with E-state index in [1.54, 1.807) is 32.9 Å². The minimum atomic E-state index is -0.377. The molecule has 0 radical (unpaired) electrons. The molecule has 0 aliphatic heterocycles. The van der Waals surface area contributed by atoms with E-state index in [-0.39, 0.29) is 24.8 Å². The third-order valence-electron chi connectivity index (χ3n) is 2.18. The third kappa shape index (κ3) is 5.68. The lowest BCUT2D eigenvalue weighted by molar-refractivity contribution is -0.149. The summed E-state index contributed by atoms with van der Waals surface area (Å²) in [6.07, 6.45) is 0.114. The number of carbonyl (C=O) groups excluding carboxylic acids is 1. The van der Waals surface area contributed by atoms with Crippen LogP contribution in [0.3, 0.4) is 0 Å². The van der Waals surface area contributed by atoms with Crippen LogP contribution in [0.25, 0.3) is 0 Å². The SMILES string of the molecule is CC(O)Cc1ccc(OCC(=O)OC(C)C)cc1. The van der Waals surface area contributed by atoms with Crippen LogP contribution in [0.4, 0.5) is 0 Å². The molecule has 0 aromatic heterocycles. The molecule has 1 aromatic rings. The molecule has 1 atom stereocenters. The average molecular weight is 252 g/mol. The second-order valence-electron chi connectivity index (χ2n) is 4.52. The number of aliphatic hydroxyl groups excluding tert-OH is 1. The molecule has 1 aromatic carbocycles. The first-order valence-corrected chi connectivity index (χ1v) is 6.06. The molecule has 0 amide bonds. The van der Waals surface area contributed by atoms with Crippen LogP contribution in [0.5, 0.6) is 5.75 Å². The zero-order valence-corrected chi connectivity index (χ0v) is 11.1. The molecule has 0 saturated carbocycles. The lowest BCUT2D eigenvalue weighted by Gasteiger charge is -2.10. The number of ether oxygens (including phenoxy) is 2. The first kappa shape index (κ1) is 14.5. The van der Waals surface area contributed by atoms with Gasteiger partial charge in [-0.25, -0.2) is 4.79 Å². The van der Waals surface area contributed by atoms with Crippen LogP contribution in [-0.2, 0) is 16.0 Å². The summed E-state index contributed by atoms with van der Waals surface area (Å²) in [4.78, 5) is 11.3. The van der Waals surface area contributed by atoms with Gasteiger partial charge in [0.15, 0.2) is 6.61 Å². The van der Waals surface area contributed by atoms with Crippen LogP contribution in [-0.4, -0.2) is 29.9 Å². The topological polar surface area (TPSA) is 55.8 Å². The Balaban J connectivity index is 2.41. The molecule has 1 N–H and O–H groups in total. The summed E-state index contributed by atoms with van der Waals surface area (Å²) in [5, 5.41) is 9.24. The lowest BCUT2D eigenvalue weighted by atomic mass is 10.1. The van der Waals surface area contributed by atoms with Crippen molar-refractivity contribution in [2.45, 2.75) is 39.4 Å². The number of carbonyl (C=O) groups is 1. The van der Waals surface area contributed by atoms with Gasteiger partial charge in [-0.05, 0) is 44.9 Å². The van der Waals surface area contributed by atoms with Gasteiger partial charge in [-0.1, -0.05) is 12.1 Å². The van der Waals surface area contributed by atoms with Crippen LogP contribution in [0.1, 0.15) is 26.3 Å². The van der Waals surface area contributed by atoms with Gasteiger partial charge in [0.1, 0.15) is 5.75 Å². The van der Waals surface area contributed by atoms with E-state index in [0.717, 1.165) is 5.56 Å². The minimum Gasteiger partial charge on any atom is -0.482 e. The Hall–Kier alpha value is -1.55. The number of aliphatic hydroxyl groups is 1. The van der Waals surface area contributed by atoms with Crippen molar-refractivity contribution >= 4 is 5.97 Å². The Morgan fingerprint density at radius 2 is 1.83 bits per heavy atom. The third-order valence-corrected chi connectivity index (χ3v) is 2.18. The maximum Gasteiger partial charge on any atom is 0.344 e. The number of hydrogen-bond acceptors (Lipinski definition) is 4. The Morgan fingerprint density at radius 3 is 2.33 bits per heavy atom. The van der Waals surface area contributed by atoms with Crippen LogP contribution in [0, 0.1) is 0 Å².